The van der Waals surface area contributed by atoms with E-state index in [2.05, 4.69) is 4.74 Å². The molecule has 0 aliphatic carbocycles. The van der Waals surface area contributed by atoms with Gasteiger partial charge in [-0.05, 0) is 17.9 Å². The van der Waals surface area contributed by atoms with Crippen LogP contribution in [-0.4, -0.2) is 18.1 Å². The van der Waals surface area contributed by atoms with Crippen molar-refractivity contribution in [3.8, 4) is 0 Å². The van der Waals surface area contributed by atoms with Crippen molar-refractivity contribution in [2.75, 3.05) is 6.61 Å². The van der Waals surface area contributed by atoms with Crippen LogP contribution in [0.25, 0.3) is 0 Å². The van der Waals surface area contributed by atoms with E-state index in [4.69, 9.17) is 0 Å². The summed E-state index contributed by atoms with van der Waals surface area (Å²) in [5.74, 6) is -0.292. The van der Waals surface area contributed by atoms with Gasteiger partial charge in [0.05, 0.1) is 12.7 Å². The highest BCUT2D eigenvalue weighted by Crippen LogP contribution is 2.25. The standard InChI is InChI=1S/C12H15F3O2/c1-9(7-8-17-12(13,14)15)11(16)10-5-3-2-4-6-10/h2-6,9,11,16H,7-8H2,1H3. The topological polar surface area (TPSA) is 29.5 Å². The molecule has 0 bridgehead atoms. The van der Waals surface area contributed by atoms with Gasteiger partial charge >= 0.3 is 6.36 Å². The molecule has 0 saturated heterocycles. The molecule has 0 fully saturated rings. The summed E-state index contributed by atoms with van der Waals surface area (Å²) in [7, 11) is 0. The fraction of sp³-hybridized carbons (Fsp3) is 0.500. The fourth-order valence-electron chi connectivity index (χ4n) is 1.50. The van der Waals surface area contributed by atoms with Gasteiger partial charge < -0.3 is 5.11 Å². The van der Waals surface area contributed by atoms with Crippen molar-refractivity contribution in [2.24, 2.45) is 5.92 Å². The second-order valence-corrected chi connectivity index (χ2v) is 3.92. The molecule has 0 aliphatic rings. The van der Waals surface area contributed by atoms with Crippen LogP contribution in [0.3, 0.4) is 0 Å². The Bertz CT molecular complexity index is 324. The summed E-state index contributed by atoms with van der Waals surface area (Å²) in [6, 6.07) is 8.85. The summed E-state index contributed by atoms with van der Waals surface area (Å²) < 4.78 is 38.9. The molecule has 1 aromatic rings. The minimum atomic E-state index is -4.60. The Morgan fingerprint density at radius 3 is 2.35 bits per heavy atom. The molecular weight excluding hydrogens is 233 g/mol. The number of halogens is 3. The highest BCUT2D eigenvalue weighted by molar-refractivity contribution is 5.17. The lowest BCUT2D eigenvalue weighted by molar-refractivity contribution is -0.325. The van der Waals surface area contributed by atoms with Gasteiger partial charge in [-0.1, -0.05) is 37.3 Å². The van der Waals surface area contributed by atoms with Crippen molar-refractivity contribution in [3.05, 3.63) is 35.9 Å². The number of alkyl halides is 3. The quantitative estimate of drug-likeness (QED) is 0.866. The third-order valence-electron chi connectivity index (χ3n) is 2.52. The average molecular weight is 248 g/mol. The fourth-order valence-corrected chi connectivity index (χ4v) is 1.50. The minimum Gasteiger partial charge on any atom is -0.388 e. The lowest BCUT2D eigenvalue weighted by atomic mass is 9.95. The first-order chi connectivity index (χ1) is 7.90. The van der Waals surface area contributed by atoms with Crippen molar-refractivity contribution >= 4 is 0 Å². The van der Waals surface area contributed by atoms with E-state index in [-0.39, 0.29) is 12.3 Å². The third kappa shape index (κ3) is 5.19. The normalized spacial score (nSPS) is 15.6. The van der Waals surface area contributed by atoms with Crippen LogP contribution in [0.5, 0.6) is 0 Å². The van der Waals surface area contributed by atoms with Gasteiger partial charge in [0.1, 0.15) is 0 Å². The van der Waals surface area contributed by atoms with Crippen LogP contribution >= 0.6 is 0 Å². The smallest absolute Gasteiger partial charge is 0.388 e. The van der Waals surface area contributed by atoms with E-state index in [1.165, 1.54) is 0 Å². The molecule has 0 radical (unpaired) electrons. The molecule has 0 spiro atoms. The molecular formula is C12H15F3O2. The molecule has 0 saturated carbocycles. The zero-order valence-electron chi connectivity index (χ0n) is 9.45. The summed E-state index contributed by atoms with van der Waals surface area (Å²) in [5, 5.41) is 9.88. The molecule has 2 unspecified atom stereocenters. The average Bonchev–Trinajstić information content (AvgIpc) is 2.27. The largest absolute Gasteiger partial charge is 0.522 e. The zero-order chi connectivity index (χ0) is 12.9. The Hall–Kier alpha value is -1.07. The van der Waals surface area contributed by atoms with Crippen LogP contribution in [0.2, 0.25) is 0 Å². The first-order valence-corrected chi connectivity index (χ1v) is 5.34. The summed E-state index contributed by atoms with van der Waals surface area (Å²) in [6.07, 6.45) is -5.22. The van der Waals surface area contributed by atoms with E-state index in [0.29, 0.717) is 5.56 Å². The van der Waals surface area contributed by atoms with Crippen molar-refractivity contribution in [1.82, 2.24) is 0 Å². The van der Waals surface area contributed by atoms with Gasteiger partial charge in [0.25, 0.3) is 0 Å². The third-order valence-corrected chi connectivity index (χ3v) is 2.52. The molecule has 2 nitrogen and oxygen atoms in total. The van der Waals surface area contributed by atoms with Gasteiger partial charge in [0.2, 0.25) is 0 Å². The highest BCUT2D eigenvalue weighted by Gasteiger charge is 2.29. The highest BCUT2D eigenvalue weighted by atomic mass is 19.4. The Morgan fingerprint density at radius 2 is 1.82 bits per heavy atom. The van der Waals surface area contributed by atoms with Crippen LogP contribution in [0.4, 0.5) is 13.2 Å². The van der Waals surface area contributed by atoms with E-state index in [1.807, 2.05) is 6.07 Å². The molecule has 17 heavy (non-hydrogen) atoms. The Labute approximate surface area is 98.0 Å². The number of aliphatic hydroxyl groups excluding tert-OH is 1. The van der Waals surface area contributed by atoms with Gasteiger partial charge in [-0.25, -0.2) is 0 Å². The van der Waals surface area contributed by atoms with Crippen LogP contribution in [0, 0.1) is 5.92 Å². The SMILES string of the molecule is CC(CCOC(F)(F)F)C(O)c1ccccc1. The minimum absolute atomic E-state index is 0.148. The van der Waals surface area contributed by atoms with Gasteiger partial charge in [-0.3, -0.25) is 4.74 Å². The lowest BCUT2D eigenvalue weighted by Crippen LogP contribution is -2.18. The molecule has 5 heteroatoms. The van der Waals surface area contributed by atoms with Crippen LogP contribution in [0.1, 0.15) is 25.0 Å². The van der Waals surface area contributed by atoms with Crippen molar-refractivity contribution in [1.29, 1.82) is 0 Å². The van der Waals surface area contributed by atoms with E-state index >= 15 is 0 Å². The second kappa shape index (κ2) is 6.02. The first-order valence-electron chi connectivity index (χ1n) is 5.34. The molecule has 2 atom stereocenters. The van der Waals surface area contributed by atoms with Crippen LogP contribution < -0.4 is 0 Å². The first kappa shape index (κ1) is 14.0. The van der Waals surface area contributed by atoms with E-state index in [9.17, 15) is 18.3 Å². The predicted octanol–water partition coefficient (Wildman–Crippen LogP) is 3.28. The summed E-state index contributed by atoms with van der Waals surface area (Å²) >= 11 is 0. The number of rotatable bonds is 5. The number of benzene rings is 1. The summed E-state index contributed by atoms with van der Waals surface area (Å²) in [6.45, 7) is 1.26. The number of ether oxygens (including phenoxy) is 1. The molecule has 0 aromatic heterocycles. The van der Waals surface area contributed by atoms with Crippen molar-refractivity contribution < 1.29 is 23.0 Å². The Kier molecular flexibility index (Phi) is 4.96. The number of hydrogen-bond donors (Lipinski definition) is 1. The van der Waals surface area contributed by atoms with Crippen molar-refractivity contribution in [2.45, 2.75) is 25.8 Å². The van der Waals surface area contributed by atoms with Gasteiger partial charge in [0, 0.05) is 0 Å². The van der Waals surface area contributed by atoms with Gasteiger partial charge in [0.15, 0.2) is 0 Å². The van der Waals surface area contributed by atoms with E-state index in [0.717, 1.165) is 0 Å². The maximum absolute atomic E-state index is 11.7. The molecule has 1 rings (SSSR count). The predicted molar refractivity (Wildman–Crippen MR) is 57.2 cm³/mol. The second-order valence-electron chi connectivity index (χ2n) is 3.92. The molecule has 0 heterocycles. The maximum Gasteiger partial charge on any atom is 0.522 e. The molecule has 0 aliphatic heterocycles. The van der Waals surface area contributed by atoms with Crippen molar-refractivity contribution in [3.63, 3.8) is 0 Å². The summed E-state index contributed by atoms with van der Waals surface area (Å²) in [4.78, 5) is 0. The monoisotopic (exact) mass is 248 g/mol. The van der Waals surface area contributed by atoms with Gasteiger partial charge in [-0.2, -0.15) is 0 Å². The Balaban J connectivity index is 2.40. The number of aliphatic hydroxyl groups is 1. The molecule has 1 aromatic carbocycles. The zero-order valence-corrected chi connectivity index (χ0v) is 9.45. The molecule has 0 amide bonds. The van der Waals surface area contributed by atoms with Crippen LogP contribution in [-0.2, 0) is 4.74 Å². The van der Waals surface area contributed by atoms with E-state index < -0.39 is 19.1 Å². The molecule has 96 valence electrons. The summed E-state index contributed by atoms with van der Waals surface area (Å²) in [5.41, 5.74) is 0.701. The van der Waals surface area contributed by atoms with Crippen LogP contribution in [0.15, 0.2) is 30.3 Å². The number of hydrogen-bond acceptors (Lipinski definition) is 2. The maximum atomic E-state index is 11.7. The molecule has 1 N–H and O–H groups in total. The Morgan fingerprint density at radius 1 is 1.24 bits per heavy atom. The van der Waals surface area contributed by atoms with E-state index in [1.54, 1.807) is 31.2 Å². The lowest BCUT2D eigenvalue weighted by Gasteiger charge is -2.19. The van der Waals surface area contributed by atoms with Gasteiger partial charge in [-0.15, -0.1) is 13.2 Å².